The summed E-state index contributed by atoms with van der Waals surface area (Å²) in [5.74, 6) is -0.405. The van der Waals surface area contributed by atoms with Gasteiger partial charge in [0.1, 0.15) is 5.75 Å². The van der Waals surface area contributed by atoms with Gasteiger partial charge in [-0.25, -0.2) is 4.79 Å². The van der Waals surface area contributed by atoms with Gasteiger partial charge >= 0.3 is 5.97 Å². The van der Waals surface area contributed by atoms with Gasteiger partial charge in [-0.3, -0.25) is 4.79 Å². The standard InChI is InChI=1S/C16H21NO5/c1-10-4-5-12(6-13(10)21-3)7-15(18)17-8-11(2)22-14(9-17)16(19)20/h4-6,11,14H,7-9H2,1-3H3,(H,19,20)/t11-,14?/m1/s1. The predicted molar refractivity (Wildman–Crippen MR) is 80.0 cm³/mol. The first-order chi connectivity index (χ1) is 10.4. The van der Waals surface area contributed by atoms with Gasteiger partial charge in [-0.05, 0) is 31.0 Å². The van der Waals surface area contributed by atoms with Crippen molar-refractivity contribution in [1.82, 2.24) is 4.90 Å². The number of hydrogen-bond acceptors (Lipinski definition) is 4. The zero-order valence-electron chi connectivity index (χ0n) is 13.0. The Kier molecular flexibility index (Phi) is 5.03. The minimum atomic E-state index is -1.04. The van der Waals surface area contributed by atoms with Crippen LogP contribution in [0.3, 0.4) is 0 Å². The van der Waals surface area contributed by atoms with E-state index in [-0.39, 0.29) is 25.0 Å². The number of nitrogens with zero attached hydrogens (tertiary/aromatic N) is 1. The van der Waals surface area contributed by atoms with Gasteiger partial charge in [0.15, 0.2) is 6.10 Å². The van der Waals surface area contributed by atoms with Crippen LogP contribution in [0.1, 0.15) is 18.1 Å². The first-order valence-corrected chi connectivity index (χ1v) is 7.20. The number of carbonyl (C=O) groups excluding carboxylic acids is 1. The molecular formula is C16H21NO5. The Morgan fingerprint density at radius 2 is 2.14 bits per heavy atom. The van der Waals surface area contributed by atoms with Crippen molar-refractivity contribution in [2.24, 2.45) is 0 Å². The van der Waals surface area contributed by atoms with Gasteiger partial charge in [-0.1, -0.05) is 12.1 Å². The van der Waals surface area contributed by atoms with E-state index in [4.69, 9.17) is 14.6 Å². The second-order valence-electron chi connectivity index (χ2n) is 5.55. The number of morpholine rings is 1. The third-order valence-electron chi connectivity index (χ3n) is 3.72. The van der Waals surface area contributed by atoms with Crippen molar-refractivity contribution in [3.8, 4) is 5.75 Å². The zero-order chi connectivity index (χ0) is 16.3. The summed E-state index contributed by atoms with van der Waals surface area (Å²) in [7, 11) is 1.59. The van der Waals surface area contributed by atoms with Crippen molar-refractivity contribution in [3.05, 3.63) is 29.3 Å². The van der Waals surface area contributed by atoms with Crippen LogP contribution in [0.4, 0.5) is 0 Å². The van der Waals surface area contributed by atoms with Crippen molar-refractivity contribution >= 4 is 11.9 Å². The first-order valence-electron chi connectivity index (χ1n) is 7.20. The fraction of sp³-hybridized carbons (Fsp3) is 0.500. The molecular weight excluding hydrogens is 286 g/mol. The molecule has 1 aromatic carbocycles. The highest BCUT2D eigenvalue weighted by atomic mass is 16.5. The summed E-state index contributed by atoms with van der Waals surface area (Å²) in [4.78, 5) is 25.0. The van der Waals surface area contributed by atoms with E-state index in [1.54, 1.807) is 18.9 Å². The molecule has 0 spiro atoms. The summed E-state index contributed by atoms with van der Waals surface area (Å²) in [6.07, 6.45) is -1.03. The van der Waals surface area contributed by atoms with E-state index in [1.165, 1.54) is 0 Å². The van der Waals surface area contributed by atoms with E-state index in [0.29, 0.717) is 6.54 Å². The van der Waals surface area contributed by atoms with Gasteiger partial charge in [0.25, 0.3) is 0 Å². The lowest BCUT2D eigenvalue weighted by Crippen LogP contribution is -2.52. The SMILES string of the molecule is COc1cc(CC(=O)N2CC(C(=O)O)O[C@H](C)C2)ccc1C. The van der Waals surface area contributed by atoms with E-state index >= 15 is 0 Å². The van der Waals surface area contributed by atoms with Crippen molar-refractivity contribution in [2.75, 3.05) is 20.2 Å². The highest BCUT2D eigenvalue weighted by Gasteiger charge is 2.32. The molecule has 6 heteroatoms. The molecule has 0 aromatic heterocycles. The maximum absolute atomic E-state index is 12.4. The van der Waals surface area contributed by atoms with E-state index in [1.807, 2.05) is 25.1 Å². The maximum Gasteiger partial charge on any atom is 0.334 e. The average Bonchev–Trinajstić information content (AvgIpc) is 2.48. The fourth-order valence-corrected chi connectivity index (χ4v) is 2.55. The number of rotatable bonds is 4. The summed E-state index contributed by atoms with van der Waals surface area (Å²) in [6, 6.07) is 5.63. The lowest BCUT2D eigenvalue weighted by Gasteiger charge is -2.35. The van der Waals surface area contributed by atoms with Gasteiger partial charge in [0.05, 0.1) is 26.2 Å². The normalized spacial score (nSPS) is 21.5. The average molecular weight is 307 g/mol. The lowest BCUT2D eigenvalue weighted by atomic mass is 10.1. The molecule has 2 atom stereocenters. The van der Waals surface area contributed by atoms with E-state index < -0.39 is 12.1 Å². The molecule has 1 amide bonds. The van der Waals surface area contributed by atoms with Crippen LogP contribution in [-0.2, 0) is 20.7 Å². The molecule has 6 nitrogen and oxygen atoms in total. The van der Waals surface area contributed by atoms with Crippen molar-refractivity contribution < 1.29 is 24.2 Å². The first kappa shape index (κ1) is 16.3. The number of carboxylic acids is 1. The van der Waals surface area contributed by atoms with Crippen LogP contribution in [0, 0.1) is 6.92 Å². The van der Waals surface area contributed by atoms with Crippen LogP contribution in [0.15, 0.2) is 18.2 Å². The van der Waals surface area contributed by atoms with Crippen LogP contribution < -0.4 is 4.74 Å². The second-order valence-corrected chi connectivity index (χ2v) is 5.55. The molecule has 1 N–H and O–H groups in total. The number of methoxy groups -OCH3 is 1. The third kappa shape index (κ3) is 3.76. The highest BCUT2D eigenvalue weighted by molar-refractivity contribution is 5.80. The molecule has 1 aliphatic heterocycles. The Labute approximate surface area is 129 Å². The molecule has 1 aromatic rings. The van der Waals surface area contributed by atoms with Gasteiger partial charge in [-0.2, -0.15) is 0 Å². The molecule has 0 saturated carbocycles. The summed E-state index contributed by atoms with van der Waals surface area (Å²) in [5.41, 5.74) is 1.85. The molecule has 22 heavy (non-hydrogen) atoms. The second kappa shape index (κ2) is 6.79. The van der Waals surface area contributed by atoms with E-state index in [2.05, 4.69) is 0 Å². The highest BCUT2D eigenvalue weighted by Crippen LogP contribution is 2.20. The number of hydrogen-bond donors (Lipinski definition) is 1. The number of amides is 1. The number of carbonyl (C=O) groups is 2. The summed E-state index contributed by atoms with van der Waals surface area (Å²) >= 11 is 0. The van der Waals surface area contributed by atoms with Crippen LogP contribution >= 0.6 is 0 Å². The topological polar surface area (TPSA) is 76.1 Å². The molecule has 120 valence electrons. The summed E-state index contributed by atoms with van der Waals surface area (Å²) in [6.45, 7) is 4.20. The smallest absolute Gasteiger partial charge is 0.334 e. The molecule has 1 aliphatic rings. The molecule has 1 saturated heterocycles. The minimum absolute atomic E-state index is 0.0848. The molecule has 2 rings (SSSR count). The molecule has 0 aliphatic carbocycles. The van der Waals surface area contributed by atoms with E-state index in [0.717, 1.165) is 16.9 Å². The van der Waals surface area contributed by atoms with Gasteiger partial charge < -0.3 is 19.5 Å². The van der Waals surface area contributed by atoms with Gasteiger partial charge in [-0.15, -0.1) is 0 Å². The molecule has 0 bridgehead atoms. The maximum atomic E-state index is 12.4. The van der Waals surface area contributed by atoms with E-state index in [9.17, 15) is 9.59 Å². The molecule has 1 fully saturated rings. The number of ether oxygens (including phenoxy) is 2. The Hall–Kier alpha value is -2.08. The number of carboxylic acid groups (broad SMARTS) is 1. The Morgan fingerprint density at radius 1 is 1.41 bits per heavy atom. The number of aliphatic carboxylic acids is 1. The summed E-state index contributed by atoms with van der Waals surface area (Å²) < 4.78 is 10.6. The van der Waals surface area contributed by atoms with Gasteiger partial charge in [0.2, 0.25) is 5.91 Å². The Balaban J connectivity index is 2.06. The Morgan fingerprint density at radius 3 is 2.77 bits per heavy atom. The van der Waals surface area contributed by atoms with Crippen molar-refractivity contribution in [2.45, 2.75) is 32.5 Å². The minimum Gasteiger partial charge on any atom is -0.496 e. The zero-order valence-corrected chi connectivity index (χ0v) is 13.0. The molecule has 1 heterocycles. The number of benzene rings is 1. The monoisotopic (exact) mass is 307 g/mol. The number of aryl methyl sites for hydroxylation is 1. The quantitative estimate of drug-likeness (QED) is 0.906. The van der Waals surface area contributed by atoms with Gasteiger partial charge in [0, 0.05) is 6.54 Å². The Bertz CT molecular complexity index is 572. The van der Waals surface area contributed by atoms with Crippen molar-refractivity contribution in [3.63, 3.8) is 0 Å². The molecule has 0 radical (unpaired) electrons. The summed E-state index contributed by atoms with van der Waals surface area (Å²) in [5, 5.41) is 9.06. The van der Waals surface area contributed by atoms with Crippen LogP contribution in [0.5, 0.6) is 5.75 Å². The molecule has 1 unspecified atom stereocenters. The predicted octanol–water partition coefficient (Wildman–Crippen LogP) is 1.25. The largest absolute Gasteiger partial charge is 0.496 e. The van der Waals surface area contributed by atoms with Crippen LogP contribution in [0.25, 0.3) is 0 Å². The van der Waals surface area contributed by atoms with Crippen molar-refractivity contribution in [1.29, 1.82) is 0 Å². The third-order valence-corrected chi connectivity index (χ3v) is 3.72. The fourth-order valence-electron chi connectivity index (χ4n) is 2.55. The van der Waals surface area contributed by atoms with Crippen LogP contribution in [-0.4, -0.2) is 54.3 Å². The van der Waals surface area contributed by atoms with Crippen LogP contribution in [0.2, 0.25) is 0 Å². The lowest BCUT2D eigenvalue weighted by molar-refractivity contribution is -0.166.